The molecule has 0 spiro atoms. The molecule has 5 heteroatoms. The second kappa shape index (κ2) is 5.15. The molecule has 2 rings (SSSR count). The Balaban J connectivity index is 2.00. The van der Waals surface area contributed by atoms with Gasteiger partial charge in [-0.2, -0.15) is 0 Å². The van der Waals surface area contributed by atoms with Gasteiger partial charge in [0.2, 0.25) is 0 Å². The lowest BCUT2D eigenvalue weighted by Gasteiger charge is -2.38. The van der Waals surface area contributed by atoms with Crippen LogP contribution in [0.25, 0.3) is 0 Å². The van der Waals surface area contributed by atoms with Gasteiger partial charge in [0, 0.05) is 13.1 Å². The van der Waals surface area contributed by atoms with Gasteiger partial charge in [0.25, 0.3) is 5.91 Å². The second-order valence-corrected chi connectivity index (χ2v) is 6.26. The lowest BCUT2D eigenvalue weighted by atomic mass is 9.75. The minimum atomic E-state index is -0.0628. The number of carbonyl (C=O) groups excluding carboxylic acids is 1. The topological polar surface area (TPSA) is 72.1 Å². The van der Waals surface area contributed by atoms with Gasteiger partial charge in [-0.1, -0.05) is 20.8 Å². The molecule has 0 aliphatic carbocycles. The number of hydrogen-bond donors (Lipinski definition) is 1. The van der Waals surface area contributed by atoms with Crippen LogP contribution in [-0.4, -0.2) is 33.9 Å². The van der Waals surface area contributed by atoms with Crippen LogP contribution in [0.1, 0.15) is 44.1 Å². The van der Waals surface area contributed by atoms with Crippen molar-refractivity contribution in [3.63, 3.8) is 0 Å². The third-order valence-electron chi connectivity index (χ3n) is 3.88. The minimum Gasteiger partial charge on any atom is -0.382 e. The lowest BCUT2D eigenvalue weighted by Crippen LogP contribution is -2.41. The number of likely N-dealkylation sites (tertiary alicyclic amines) is 1. The van der Waals surface area contributed by atoms with Gasteiger partial charge >= 0.3 is 0 Å². The molecule has 2 N–H and O–H groups in total. The first-order valence-electron chi connectivity index (χ1n) is 6.74. The molecule has 1 aliphatic heterocycles. The van der Waals surface area contributed by atoms with Gasteiger partial charge in [0.05, 0.1) is 12.4 Å². The van der Waals surface area contributed by atoms with E-state index in [-0.39, 0.29) is 11.7 Å². The van der Waals surface area contributed by atoms with Crippen molar-refractivity contribution >= 4 is 11.7 Å². The van der Waals surface area contributed by atoms with Gasteiger partial charge in [-0.25, -0.2) is 4.98 Å². The molecule has 5 nitrogen and oxygen atoms in total. The number of nitrogens with two attached hydrogens (primary N) is 1. The second-order valence-electron chi connectivity index (χ2n) is 6.26. The van der Waals surface area contributed by atoms with Crippen molar-refractivity contribution in [2.75, 3.05) is 18.8 Å². The smallest absolute Gasteiger partial charge is 0.274 e. The number of rotatable bonds is 1. The van der Waals surface area contributed by atoms with Crippen molar-refractivity contribution < 1.29 is 4.79 Å². The van der Waals surface area contributed by atoms with Crippen LogP contribution in [0.15, 0.2) is 12.4 Å². The normalized spacial score (nSPS) is 17.5. The van der Waals surface area contributed by atoms with Crippen molar-refractivity contribution in [3.05, 3.63) is 18.1 Å². The van der Waals surface area contributed by atoms with Crippen molar-refractivity contribution in [1.82, 2.24) is 14.9 Å². The van der Waals surface area contributed by atoms with Crippen LogP contribution >= 0.6 is 0 Å². The standard InChI is InChI=1S/C14H22N4O/c1-14(2,3)10-4-6-18(7-5-10)13(19)11-8-16-9-12(15)17-11/h8-10H,4-7H2,1-3H3,(H2,15,17). The number of nitrogens with zero attached hydrogens (tertiary/aromatic N) is 3. The number of aromatic nitrogens is 2. The third-order valence-corrected chi connectivity index (χ3v) is 3.88. The average Bonchev–Trinajstić information content (AvgIpc) is 2.37. The maximum Gasteiger partial charge on any atom is 0.274 e. The summed E-state index contributed by atoms with van der Waals surface area (Å²) in [5, 5.41) is 0. The molecule has 0 atom stereocenters. The number of piperidine rings is 1. The van der Waals surface area contributed by atoms with E-state index in [0.717, 1.165) is 25.9 Å². The van der Waals surface area contributed by atoms with Gasteiger partial charge < -0.3 is 10.6 Å². The van der Waals surface area contributed by atoms with E-state index in [1.54, 1.807) is 0 Å². The van der Waals surface area contributed by atoms with E-state index in [1.807, 2.05) is 4.90 Å². The molecule has 0 bridgehead atoms. The maximum atomic E-state index is 12.3. The molecule has 0 saturated carbocycles. The van der Waals surface area contributed by atoms with Crippen LogP contribution in [0.5, 0.6) is 0 Å². The zero-order chi connectivity index (χ0) is 14.0. The first kappa shape index (κ1) is 13.8. The van der Waals surface area contributed by atoms with Crippen molar-refractivity contribution in [3.8, 4) is 0 Å². The van der Waals surface area contributed by atoms with Crippen molar-refractivity contribution in [2.45, 2.75) is 33.6 Å². The minimum absolute atomic E-state index is 0.0628. The van der Waals surface area contributed by atoms with Gasteiger partial charge in [-0.15, -0.1) is 0 Å². The summed E-state index contributed by atoms with van der Waals surface area (Å²) in [6, 6.07) is 0. The SMILES string of the molecule is CC(C)(C)C1CCN(C(=O)c2cncc(N)n2)CC1. The molecule has 2 heterocycles. The quantitative estimate of drug-likeness (QED) is 0.839. The number of hydrogen-bond acceptors (Lipinski definition) is 4. The Bertz CT molecular complexity index is 459. The third kappa shape index (κ3) is 3.22. The Labute approximate surface area is 114 Å². The summed E-state index contributed by atoms with van der Waals surface area (Å²) in [6.45, 7) is 8.37. The van der Waals surface area contributed by atoms with Gasteiger partial charge in [0.1, 0.15) is 11.5 Å². The summed E-state index contributed by atoms with van der Waals surface area (Å²) in [6.07, 6.45) is 5.02. The molecule has 1 saturated heterocycles. The van der Waals surface area contributed by atoms with Crippen LogP contribution in [0, 0.1) is 11.3 Å². The van der Waals surface area contributed by atoms with Crippen LogP contribution in [0.4, 0.5) is 5.82 Å². The molecule has 1 aliphatic rings. The molecule has 1 fully saturated rings. The molecule has 1 aromatic heterocycles. The fourth-order valence-electron chi connectivity index (χ4n) is 2.59. The summed E-state index contributed by atoms with van der Waals surface area (Å²) in [5.41, 5.74) is 6.21. The van der Waals surface area contributed by atoms with Crippen LogP contribution < -0.4 is 5.73 Å². The van der Waals surface area contributed by atoms with E-state index in [2.05, 4.69) is 30.7 Å². The summed E-state index contributed by atoms with van der Waals surface area (Å²) >= 11 is 0. The van der Waals surface area contributed by atoms with E-state index in [9.17, 15) is 4.79 Å². The Morgan fingerprint density at radius 1 is 1.32 bits per heavy atom. The number of carbonyl (C=O) groups is 1. The zero-order valence-electron chi connectivity index (χ0n) is 11.9. The predicted octanol–water partition coefficient (Wildman–Crippen LogP) is 1.96. The molecular formula is C14H22N4O. The number of nitrogen functional groups attached to an aromatic ring is 1. The maximum absolute atomic E-state index is 12.3. The lowest BCUT2D eigenvalue weighted by molar-refractivity contribution is 0.0603. The first-order valence-corrected chi connectivity index (χ1v) is 6.74. The van der Waals surface area contributed by atoms with Gasteiger partial charge in [-0.05, 0) is 24.2 Å². The molecule has 1 amide bonds. The van der Waals surface area contributed by atoms with Gasteiger partial charge in [0.15, 0.2) is 0 Å². The summed E-state index contributed by atoms with van der Waals surface area (Å²) in [4.78, 5) is 22.1. The van der Waals surface area contributed by atoms with E-state index >= 15 is 0 Å². The Hall–Kier alpha value is -1.65. The van der Waals surface area contributed by atoms with Crippen LogP contribution in [-0.2, 0) is 0 Å². The van der Waals surface area contributed by atoms with Crippen LogP contribution in [0.3, 0.4) is 0 Å². The van der Waals surface area contributed by atoms with E-state index in [1.165, 1.54) is 12.4 Å². The fraction of sp³-hybridized carbons (Fsp3) is 0.643. The number of anilines is 1. The highest BCUT2D eigenvalue weighted by atomic mass is 16.2. The summed E-state index contributed by atoms with van der Waals surface area (Å²) < 4.78 is 0. The van der Waals surface area contributed by atoms with Crippen molar-refractivity contribution in [2.24, 2.45) is 11.3 Å². The number of amides is 1. The highest BCUT2D eigenvalue weighted by molar-refractivity contribution is 5.92. The monoisotopic (exact) mass is 262 g/mol. The first-order chi connectivity index (χ1) is 8.88. The van der Waals surface area contributed by atoms with E-state index in [0.29, 0.717) is 17.0 Å². The average molecular weight is 262 g/mol. The molecule has 104 valence electrons. The van der Waals surface area contributed by atoms with Gasteiger partial charge in [-0.3, -0.25) is 9.78 Å². The zero-order valence-corrected chi connectivity index (χ0v) is 11.9. The highest BCUT2D eigenvalue weighted by Gasteiger charge is 2.31. The molecule has 0 radical (unpaired) electrons. The molecule has 1 aromatic rings. The largest absolute Gasteiger partial charge is 0.382 e. The van der Waals surface area contributed by atoms with E-state index in [4.69, 9.17) is 5.73 Å². The van der Waals surface area contributed by atoms with E-state index < -0.39 is 0 Å². The fourth-order valence-corrected chi connectivity index (χ4v) is 2.59. The summed E-state index contributed by atoms with van der Waals surface area (Å²) in [7, 11) is 0. The molecule has 19 heavy (non-hydrogen) atoms. The molecule has 0 unspecified atom stereocenters. The van der Waals surface area contributed by atoms with Crippen LogP contribution in [0.2, 0.25) is 0 Å². The Kier molecular flexibility index (Phi) is 3.73. The molecular weight excluding hydrogens is 240 g/mol. The highest BCUT2D eigenvalue weighted by Crippen LogP contribution is 2.34. The Morgan fingerprint density at radius 3 is 2.47 bits per heavy atom. The van der Waals surface area contributed by atoms with Crippen molar-refractivity contribution in [1.29, 1.82) is 0 Å². The predicted molar refractivity (Wildman–Crippen MR) is 74.5 cm³/mol. The summed E-state index contributed by atoms with van der Waals surface area (Å²) in [5.74, 6) is 0.895. The molecule has 0 aromatic carbocycles. The Morgan fingerprint density at radius 2 is 1.95 bits per heavy atom.